The molecule has 0 aliphatic carbocycles. The molecule has 6 nitrogen and oxygen atoms in total. The number of anilines is 1. The molecule has 3 N–H and O–H groups in total. The Labute approximate surface area is 137 Å². The summed E-state index contributed by atoms with van der Waals surface area (Å²) in [7, 11) is 0. The normalized spacial score (nSPS) is 10.8. The fraction of sp³-hybridized carbons (Fsp3) is 0. The number of nitrogen functional groups attached to an aromatic ring is 1. The quantitative estimate of drug-likeness (QED) is 0.592. The third-order valence-corrected chi connectivity index (χ3v) is 3.74. The zero-order valence-corrected chi connectivity index (χ0v) is 12.6. The van der Waals surface area contributed by atoms with Crippen molar-refractivity contribution in [3.05, 3.63) is 71.4 Å². The molecule has 0 saturated carbocycles. The molecule has 1 aromatic carbocycles. The molecule has 0 spiro atoms. The summed E-state index contributed by atoms with van der Waals surface area (Å²) in [6.07, 6.45) is 4.82. The maximum Gasteiger partial charge on any atom is 0.257 e. The molecule has 0 aliphatic rings. The van der Waals surface area contributed by atoms with Crippen molar-refractivity contribution in [3.8, 4) is 22.5 Å². The monoisotopic (exact) mass is 315 g/mol. The Morgan fingerprint density at radius 3 is 2.79 bits per heavy atom. The largest absolute Gasteiger partial charge is 0.382 e. The van der Waals surface area contributed by atoms with E-state index in [9.17, 15) is 4.79 Å². The van der Waals surface area contributed by atoms with Gasteiger partial charge in [-0.25, -0.2) is 4.98 Å². The van der Waals surface area contributed by atoms with E-state index in [1.54, 1.807) is 24.5 Å². The molecule has 3 heterocycles. The van der Waals surface area contributed by atoms with Crippen LogP contribution in [0.15, 0.2) is 65.8 Å². The third kappa shape index (κ3) is 2.40. The molecule has 24 heavy (non-hydrogen) atoms. The van der Waals surface area contributed by atoms with Crippen molar-refractivity contribution in [1.29, 1.82) is 0 Å². The fourth-order valence-electron chi connectivity index (χ4n) is 2.63. The van der Waals surface area contributed by atoms with Crippen molar-refractivity contribution in [2.45, 2.75) is 0 Å². The number of aromatic nitrogens is 4. The molecule has 4 rings (SSSR count). The summed E-state index contributed by atoms with van der Waals surface area (Å²) in [5.74, 6) is 0.263. The first-order chi connectivity index (χ1) is 11.7. The zero-order chi connectivity index (χ0) is 16.5. The highest BCUT2D eigenvalue weighted by Gasteiger charge is 2.14. The van der Waals surface area contributed by atoms with E-state index < -0.39 is 0 Å². The van der Waals surface area contributed by atoms with Crippen LogP contribution in [0.25, 0.3) is 33.4 Å². The Bertz CT molecular complexity index is 1100. The van der Waals surface area contributed by atoms with E-state index in [1.807, 2.05) is 30.3 Å². The van der Waals surface area contributed by atoms with Gasteiger partial charge in [-0.1, -0.05) is 12.1 Å². The second-order valence-electron chi connectivity index (χ2n) is 5.32. The van der Waals surface area contributed by atoms with Crippen molar-refractivity contribution < 1.29 is 0 Å². The van der Waals surface area contributed by atoms with Crippen LogP contribution in [0.5, 0.6) is 0 Å². The second kappa shape index (κ2) is 5.58. The number of pyridine rings is 2. The summed E-state index contributed by atoms with van der Waals surface area (Å²) in [6, 6.07) is 13.1. The molecule has 0 atom stereocenters. The molecule has 0 bridgehead atoms. The number of nitrogens with two attached hydrogens (primary N) is 1. The van der Waals surface area contributed by atoms with Crippen LogP contribution < -0.4 is 11.3 Å². The van der Waals surface area contributed by atoms with Crippen molar-refractivity contribution >= 4 is 16.7 Å². The maximum absolute atomic E-state index is 12.2. The highest BCUT2D eigenvalue weighted by atomic mass is 16.1. The van der Waals surface area contributed by atoms with E-state index in [2.05, 4.69) is 19.9 Å². The minimum Gasteiger partial charge on any atom is -0.382 e. The summed E-state index contributed by atoms with van der Waals surface area (Å²) < 4.78 is 0. The Kier molecular flexibility index (Phi) is 3.28. The SMILES string of the molecule is Nc1cnc(-c2ccc3ncccc3c2)c(-c2ccc[nH]c2=O)n1. The molecule has 0 amide bonds. The van der Waals surface area contributed by atoms with Crippen molar-refractivity contribution in [1.82, 2.24) is 19.9 Å². The lowest BCUT2D eigenvalue weighted by Gasteiger charge is -2.09. The highest BCUT2D eigenvalue weighted by Crippen LogP contribution is 2.29. The van der Waals surface area contributed by atoms with Crippen LogP contribution in [0.4, 0.5) is 5.82 Å². The van der Waals surface area contributed by atoms with Crippen LogP contribution in [0, 0.1) is 0 Å². The lowest BCUT2D eigenvalue weighted by molar-refractivity contribution is 1.18. The molecule has 6 heteroatoms. The molecule has 0 unspecified atom stereocenters. The second-order valence-corrected chi connectivity index (χ2v) is 5.32. The smallest absolute Gasteiger partial charge is 0.257 e. The molecular weight excluding hydrogens is 302 g/mol. The zero-order valence-electron chi connectivity index (χ0n) is 12.6. The van der Waals surface area contributed by atoms with Gasteiger partial charge in [-0.3, -0.25) is 14.8 Å². The van der Waals surface area contributed by atoms with Gasteiger partial charge >= 0.3 is 0 Å². The van der Waals surface area contributed by atoms with Gasteiger partial charge in [0.05, 0.1) is 23.0 Å². The minimum absolute atomic E-state index is 0.235. The van der Waals surface area contributed by atoms with E-state index in [4.69, 9.17) is 5.73 Å². The predicted octanol–water partition coefficient (Wildman–Crippen LogP) is 2.63. The van der Waals surface area contributed by atoms with Gasteiger partial charge in [0.25, 0.3) is 5.56 Å². The molecular formula is C18H13N5O. The first-order valence-electron chi connectivity index (χ1n) is 7.38. The van der Waals surface area contributed by atoms with Gasteiger partial charge in [0.2, 0.25) is 0 Å². The number of H-pyrrole nitrogens is 1. The lowest BCUT2D eigenvalue weighted by Crippen LogP contribution is -2.10. The molecule has 0 saturated heterocycles. The number of nitrogens with zero attached hydrogens (tertiary/aromatic N) is 3. The van der Waals surface area contributed by atoms with E-state index in [0.717, 1.165) is 16.5 Å². The number of hydrogen-bond donors (Lipinski definition) is 2. The van der Waals surface area contributed by atoms with Crippen LogP contribution >= 0.6 is 0 Å². The highest BCUT2D eigenvalue weighted by molar-refractivity contribution is 5.87. The Morgan fingerprint density at radius 2 is 1.92 bits per heavy atom. The van der Waals surface area contributed by atoms with E-state index >= 15 is 0 Å². The summed E-state index contributed by atoms with van der Waals surface area (Å²) >= 11 is 0. The Balaban J connectivity index is 1.98. The summed E-state index contributed by atoms with van der Waals surface area (Å²) in [5, 5.41) is 0.988. The number of aromatic amines is 1. The first kappa shape index (κ1) is 14.1. The number of hydrogen-bond acceptors (Lipinski definition) is 5. The van der Waals surface area contributed by atoms with Crippen LogP contribution in [-0.2, 0) is 0 Å². The Hall–Kier alpha value is -3.54. The number of nitrogens with one attached hydrogen (secondary N) is 1. The van der Waals surface area contributed by atoms with Crippen molar-refractivity contribution in [3.63, 3.8) is 0 Å². The topological polar surface area (TPSA) is 97.5 Å². The molecule has 4 aromatic rings. The van der Waals surface area contributed by atoms with Crippen molar-refractivity contribution in [2.24, 2.45) is 0 Å². The van der Waals surface area contributed by atoms with Gasteiger partial charge in [0, 0.05) is 23.3 Å². The van der Waals surface area contributed by atoms with Crippen LogP contribution in [0.1, 0.15) is 0 Å². The molecule has 0 fully saturated rings. The van der Waals surface area contributed by atoms with Gasteiger partial charge in [-0.05, 0) is 30.3 Å². The van der Waals surface area contributed by atoms with Crippen LogP contribution in [0.2, 0.25) is 0 Å². The minimum atomic E-state index is -0.235. The predicted molar refractivity (Wildman–Crippen MR) is 93.2 cm³/mol. The van der Waals surface area contributed by atoms with Crippen LogP contribution in [-0.4, -0.2) is 19.9 Å². The first-order valence-corrected chi connectivity index (χ1v) is 7.38. The van der Waals surface area contributed by atoms with E-state index in [0.29, 0.717) is 17.0 Å². The number of benzene rings is 1. The average Bonchev–Trinajstić information content (AvgIpc) is 2.62. The molecule has 3 aromatic heterocycles. The van der Waals surface area contributed by atoms with Crippen LogP contribution in [0.3, 0.4) is 0 Å². The van der Waals surface area contributed by atoms with Crippen molar-refractivity contribution in [2.75, 3.05) is 5.73 Å². The van der Waals surface area contributed by atoms with Gasteiger partial charge < -0.3 is 10.7 Å². The fourth-order valence-corrected chi connectivity index (χ4v) is 2.63. The molecule has 0 radical (unpaired) electrons. The van der Waals surface area contributed by atoms with Gasteiger partial charge in [-0.15, -0.1) is 0 Å². The van der Waals surface area contributed by atoms with E-state index in [-0.39, 0.29) is 11.4 Å². The Morgan fingerprint density at radius 1 is 1.00 bits per heavy atom. The number of fused-ring (bicyclic) bond motifs is 1. The van der Waals surface area contributed by atoms with Gasteiger partial charge in [-0.2, -0.15) is 0 Å². The lowest BCUT2D eigenvalue weighted by atomic mass is 10.0. The van der Waals surface area contributed by atoms with E-state index in [1.165, 1.54) is 6.20 Å². The number of rotatable bonds is 2. The molecule has 116 valence electrons. The summed E-state index contributed by atoms with van der Waals surface area (Å²) in [5.41, 5.74) is 8.78. The average molecular weight is 315 g/mol. The maximum atomic E-state index is 12.2. The van der Waals surface area contributed by atoms with Gasteiger partial charge in [0.15, 0.2) is 0 Å². The summed E-state index contributed by atoms with van der Waals surface area (Å²) in [6.45, 7) is 0. The third-order valence-electron chi connectivity index (χ3n) is 3.74. The van der Waals surface area contributed by atoms with Gasteiger partial charge in [0.1, 0.15) is 11.5 Å². The molecule has 0 aliphatic heterocycles. The standard InChI is InChI=1S/C18H13N5O/c19-15-10-22-16(17(23-15)13-4-2-8-21-18(13)24)12-5-6-14-11(9-12)3-1-7-20-14/h1-10H,(H2,19,23)(H,21,24). The summed E-state index contributed by atoms with van der Waals surface area (Å²) in [4.78, 5) is 27.9.